The number of carbonyl (C=O) groups is 1. The van der Waals surface area contributed by atoms with Crippen molar-refractivity contribution in [3.8, 4) is 0 Å². The minimum Gasteiger partial charge on any atom is -0.400 e. The molecule has 1 rings (SSSR count). The quantitative estimate of drug-likeness (QED) is 0.430. The molecule has 0 bridgehead atoms. The molecule has 0 spiro atoms. The van der Waals surface area contributed by atoms with E-state index < -0.39 is 0 Å². The molecule has 0 aromatic heterocycles. The number of ether oxygens (including phenoxy) is 1. The standard InChI is InChI=1S/C7H11NO2.CH4O/c9-4-1-2-7-6-8-3-5-10-7;1-2/h1-2,4,7-8H,3,5-6H2;2H,1H3/b2-1+;/t7-;/m1./s1. The highest BCUT2D eigenvalue weighted by Crippen LogP contribution is 1.95. The SMILES string of the molecule is CO.O=C/C=C/[C@@H]1CNCCO1. The molecular weight excluding hydrogens is 158 g/mol. The Morgan fingerprint density at radius 2 is 2.33 bits per heavy atom. The third kappa shape index (κ3) is 5.01. The summed E-state index contributed by atoms with van der Waals surface area (Å²) in [6.07, 6.45) is 4.08. The summed E-state index contributed by atoms with van der Waals surface area (Å²) in [5, 5.41) is 10.2. The van der Waals surface area contributed by atoms with E-state index in [1.165, 1.54) is 6.08 Å². The molecule has 1 fully saturated rings. The van der Waals surface area contributed by atoms with Crippen LogP contribution in [0, 0.1) is 0 Å². The monoisotopic (exact) mass is 173 g/mol. The highest BCUT2D eigenvalue weighted by Gasteiger charge is 2.08. The third-order valence-electron chi connectivity index (χ3n) is 1.36. The Balaban J connectivity index is 0.000000561. The Morgan fingerprint density at radius 3 is 2.83 bits per heavy atom. The van der Waals surface area contributed by atoms with Crippen molar-refractivity contribution in [2.24, 2.45) is 0 Å². The number of aliphatic hydroxyl groups excluding tert-OH is 1. The Bertz CT molecular complexity index is 130. The number of hydrogen-bond acceptors (Lipinski definition) is 4. The Hall–Kier alpha value is -0.710. The number of aldehydes is 1. The van der Waals surface area contributed by atoms with Crippen LogP contribution in [0.3, 0.4) is 0 Å². The topological polar surface area (TPSA) is 58.6 Å². The molecule has 1 saturated heterocycles. The largest absolute Gasteiger partial charge is 0.400 e. The van der Waals surface area contributed by atoms with Gasteiger partial charge in [-0.25, -0.2) is 0 Å². The normalized spacial score (nSPS) is 23.0. The molecule has 0 saturated carbocycles. The molecular formula is C8H15NO3. The van der Waals surface area contributed by atoms with E-state index in [1.54, 1.807) is 6.08 Å². The third-order valence-corrected chi connectivity index (χ3v) is 1.36. The highest BCUT2D eigenvalue weighted by atomic mass is 16.5. The molecule has 0 radical (unpaired) electrons. The molecule has 2 N–H and O–H groups in total. The maximum absolute atomic E-state index is 9.88. The second-order valence-corrected chi connectivity index (χ2v) is 2.13. The van der Waals surface area contributed by atoms with Gasteiger partial charge in [-0.15, -0.1) is 0 Å². The number of hydrogen-bond donors (Lipinski definition) is 2. The minimum absolute atomic E-state index is 0.0824. The van der Waals surface area contributed by atoms with Crippen LogP contribution in [0.2, 0.25) is 0 Å². The van der Waals surface area contributed by atoms with E-state index in [4.69, 9.17) is 9.84 Å². The van der Waals surface area contributed by atoms with Crippen LogP contribution in [-0.4, -0.2) is 44.3 Å². The van der Waals surface area contributed by atoms with Crippen molar-refractivity contribution in [2.45, 2.75) is 6.10 Å². The Morgan fingerprint density at radius 1 is 1.58 bits per heavy atom. The van der Waals surface area contributed by atoms with Gasteiger partial charge in [0.2, 0.25) is 0 Å². The zero-order valence-corrected chi connectivity index (χ0v) is 7.19. The van der Waals surface area contributed by atoms with Gasteiger partial charge in [-0.05, 0) is 6.08 Å². The lowest BCUT2D eigenvalue weighted by molar-refractivity contribution is -0.104. The van der Waals surface area contributed by atoms with Gasteiger partial charge in [-0.2, -0.15) is 0 Å². The molecule has 0 aromatic carbocycles. The fourth-order valence-corrected chi connectivity index (χ4v) is 0.879. The average Bonchev–Trinajstić information content (AvgIpc) is 2.19. The molecule has 1 aliphatic rings. The molecule has 0 unspecified atom stereocenters. The highest BCUT2D eigenvalue weighted by molar-refractivity contribution is 5.64. The van der Waals surface area contributed by atoms with E-state index in [0.29, 0.717) is 0 Å². The van der Waals surface area contributed by atoms with E-state index in [-0.39, 0.29) is 6.10 Å². The van der Waals surface area contributed by atoms with Crippen molar-refractivity contribution < 1.29 is 14.6 Å². The van der Waals surface area contributed by atoms with Crippen molar-refractivity contribution >= 4 is 6.29 Å². The van der Waals surface area contributed by atoms with Gasteiger partial charge in [0.25, 0.3) is 0 Å². The van der Waals surface area contributed by atoms with Gasteiger partial charge >= 0.3 is 0 Å². The second-order valence-electron chi connectivity index (χ2n) is 2.13. The zero-order chi connectivity index (χ0) is 9.23. The maximum atomic E-state index is 9.88. The summed E-state index contributed by atoms with van der Waals surface area (Å²) in [7, 11) is 1.00. The second kappa shape index (κ2) is 8.39. The molecule has 1 atom stereocenters. The van der Waals surface area contributed by atoms with Crippen molar-refractivity contribution in [3.05, 3.63) is 12.2 Å². The maximum Gasteiger partial charge on any atom is 0.142 e. The lowest BCUT2D eigenvalue weighted by Gasteiger charge is -2.20. The lowest BCUT2D eigenvalue weighted by Crippen LogP contribution is -2.37. The van der Waals surface area contributed by atoms with Gasteiger partial charge < -0.3 is 15.2 Å². The number of carbonyl (C=O) groups excluding carboxylic acids is 1. The van der Waals surface area contributed by atoms with Gasteiger partial charge in [0.05, 0.1) is 12.7 Å². The summed E-state index contributed by atoms with van der Waals surface area (Å²) < 4.78 is 5.27. The Labute approximate surface area is 72.2 Å². The minimum atomic E-state index is 0.0824. The van der Waals surface area contributed by atoms with Gasteiger partial charge in [0.15, 0.2) is 0 Å². The first-order valence-corrected chi connectivity index (χ1v) is 3.82. The van der Waals surface area contributed by atoms with E-state index >= 15 is 0 Å². The van der Waals surface area contributed by atoms with Crippen LogP contribution in [0.15, 0.2) is 12.2 Å². The molecule has 4 heteroatoms. The van der Waals surface area contributed by atoms with Crippen molar-refractivity contribution in [2.75, 3.05) is 26.8 Å². The molecule has 1 heterocycles. The van der Waals surface area contributed by atoms with Gasteiger partial charge in [0, 0.05) is 20.2 Å². The number of rotatable bonds is 2. The van der Waals surface area contributed by atoms with Crippen molar-refractivity contribution in [1.82, 2.24) is 5.32 Å². The summed E-state index contributed by atoms with van der Waals surface area (Å²) in [6, 6.07) is 0. The first-order valence-electron chi connectivity index (χ1n) is 3.82. The van der Waals surface area contributed by atoms with Crippen LogP contribution in [-0.2, 0) is 9.53 Å². The van der Waals surface area contributed by atoms with Crippen LogP contribution in [0.25, 0.3) is 0 Å². The predicted octanol–water partition coefficient (Wildman–Crippen LogP) is -0.662. The van der Waals surface area contributed by atoms with E-state index in [9.17, 15) is 4.79 Å². The smallest absolute Gasteiger partial charge is 0.142 e. The van der Waals surface area contributed by atoms with Crippen LogP contribution in [0.4, 0.5) is 0 Å². The lowest BCUT2D eigenvalue weighted by atomic mass is 10.3. The number of aliphatic hydroxyl groups is 1. The Kier molecular flexibility index (Phi) is 7.89. The predicted molar refractivity (Wildman–Crippen MR) is 46.0 cm³/mol. The first-order chi connectivity index (χ1) is 5.93. The van der Waals surface area contributed by atoms with Crippen LogP contribution in [0.1, 0.15) is 0 Å². The first kappa shape index (κ1) is 11.3. The summed E-state index contributed by atoms with van der Waals surface area (Å²) in [4.78, 5) is 9.88. The van der Waals surface area contributed by atoms with E-state index in [1.807, 2.05) is 0 Å². The molecule has 0 amide bonds. The van der Waals surface area contributed by atoms with Gasteiger partial charge in [0.1, 0.15) is 6.29 Å². The molecule has 4 nitrogen and oxygen atoms in total. The number of allylic oxidation sites excluding steroid dienone is 1. The van der Waals surface area contributed by atoms with Gasteiger partial charge in [-0.3, -0.25) is 4.79 Å². The van der Waals surface area contributed by atoms with Gasteiger partial charge in [-0.1, -0.05) is 6.08 Å². The summed E-state index contributed by atoms with van der Waals surface area (Å²) in [5.41, 5.74) is 0. The van der Waals surface area contributed by atoms with E-state index in [0.717, 1.165) is 33.1 Å². The average molecular weight is 173 g/mol. The molecule has 0 aliphatic carbocycles. The fraction of sp³-hybridized carbons (Fsp3) is 0.625. The molecule has 1 aliphatic heterocycles. The fourth-order valence-electron chi connectivity index (χ4n) is 0.879. The summed E-state index contributed by atoms with van der Waals surface area (Å²) in [5.74, 6) is 0. The summed E-state index contributed by atoms with van der Waals surface area (Å²) >= 11 is 0. The molecule has 70 valence electrons. The zero-order valence-electron chi connectivity index (χ0n) is 7.19. The number of nitrogens with one attached hydrogen (secondary N) is 1. The number of morpholine rings is 1. The van der Waals surface area contributed by atoms with Crippen molar-refractivity contribution in [3.63, 3.8) is 0 Å². The van der Waals surface area contributed by atoms with Crippen LogP contribution < -0.4 is 5.32 Å². The van der Waals surface area contributed by atoms with Crippen LogP contribution >= 0.6 is 0 Å². The van der Waals surface area contributed by atoms with Crippen LogP contribution in [0.5, 0.6) is 0 Å². The molecule has 0 aromatic rings. The summed E-state index contributed by atoms with van der Waals surface area (Å²) in [6.45, 7) is 2.45. The van der Waals surface area contributed by atoms with Crippen molar-refractivity contribution in [1.29, 1.82) is 0 Å². The molecule has 12 heavy (non-hydrogen) atoms. The van der Waals surface area contributed by atoms with E-state index in [2.05, 4.69) is 5.32 Å².